The van der Waals surface area contributed by atoms with Crippen LogP contribution in [0, 0.1) is 0 Å². The lowest BCUT2D eigenvalue weighted by atomic mass is 10.2. The molecule has 1 unspecified atom stereocenters. The maximum atomic E-state index is 12.8. The molecule has 1 aromatic rings. The lowest BCUT2D eigenvalue weighted by molar-refractivity contribution is 0.0257. The molecular weight excluding hydrogens is 394 g/mol. The Labute approximate surface area is 152 Å². The molecule has 1 fully saturated rings. The Morgan fingerprint density at radius 2 is 1.79 bits per heavy atom. The summed E-state index contributed by atoms with van der Waals surface area (Å²) >= 11 is 3.32. The number of likely N-dealkylation sites (tertiary alicyclic amines) is 1. The third-order valence-electron chi connectivity index (χ3n) is 3.91. The van der Waals surface area contributed by atoms with Crippen molar-refractivity contribution in [1.29, 1.82) is 0 Å². The SMILES string of the molecule is CC(C)(C)OC(=O)N1CCCC(S(=O)(=O)c2ccc(Br)cc2)CC1. The number of amides is 1. The van der Waals surface area contributed by atoms with E-state index in [1.54, 1.807) is 29.2 Å². The van der Waals surface area contributed by atoms with Crippen molar-refractivity contribution in [3.63, 3.8) is 0 Å². The maximum Gasteiger partial charge on any atom is 0.410 e. The summed E-state index contributed by atoms with van der Waals surface area (Å²) in [5.41, 5.74) is -0.549. The molecule has 7 heteroatoms. The quantitative estimate of drug-likeness (QED) is 0.728. The van der Waals surface area contributed by atoms with Crippen LogP contribution in [0.15, 0.2) is 33.6 Å². The Hall–Kier alpha value is -1.08. The van der Waals surface area contributed by atoms with Crippen LogP contribution < -0.4 is 0 Å². The molecule has 1 amide bonds. The summed E-state index contributed by atoms with van der Waals surface area (Å²) in [6, 6.07) is 6.71. The summed E-state index contributed by atoms with van der Waals surface area (Å²) in [5.74, 6) is 0. The van der Waals surface area contributed by atoms with Gasteiger partial charge in [-0.3, -0.25) is 0 Å². The van der Waals surface area contributed by atoms with Crippen molar-refractivity contribution < 1.29 is 17.9 Å². The Bertz CT molecular complexity index is 680. The number of halogens is 1. The van der Waals surface area contributed by atoms with E-state index in [0.29, 0.717) is 37.2 Å². The fourth-order valence-corrected chi connectivity index (χ4v) is 4.76. The molecule has 1 aliphatic rings. The molecule has 1 aliphatic heterocycles. The number of rotatable bonds is 2. The number of ether oxygens (including phenoxy) is 1. The molecule has 24 heavy (non-hydrogen) atoms. The molecule has 0 N–H and O–H groups in total. The Morgan fingerprint density at radius 3 is 2.38 bits per heavy atom. The van der Waals surface area contributed by atoms with Gasteiger partial charge in [0.1, 0.15) is 5.60 Å². The van der Waals surface area contributed by atoms with Gasteiger partial charge in [0.25, 0.3) is 0 Å². The number of sulfone groups is 1. The van der Waals surface area contributed by atoms with Crippen LogP contribution in [-0.4, -0.2) is 43.4 Å². The normalized spacial score (nSPS) is 19.7. The van der Waals surface area contributed by atoms with E-state index >= 15 is 0 Å². The number of nitrogens with zero attached hydrogens (tertiary/aromatic N) is 1. The predicted molar refractivity (Wildman–Crippen MR) is 96.8 cm³/mol. The molecule has 0 aliphatic carbocycles. The van der Waals surface area contributed by atoms with Gasteiger partial charge in [0.05, 0.1) is 10.1 Å². The fraction of sp³-hybridized carbons (Fsp3) is 0.588. The summed E-state index contributed by atoms with van der Waals surface area (Å²) < 4.78 is 31.8. The molecule has 0 saturated carbocycles. The first kappa shape index (κ1) is 19.2. The molecule has 0 radical (unpaired) electrons. The topological polar surface area (TPSA) is 63.7 Å². The Morgan fingerprint density at radius 1 is 1.17 bits per heavy atom. The first-order valence-corrected chi connectivity index (χ1v) is 10.4. The van der Waals surface area contributed by atoms with Crippen molar-refractivity contribution in [2.75, 3.05) is 13.1 Å². The molecule has 134 valence electrons. The van der Waals surface area contributed by atoms with Gasteiger partial charge >= 0.3 is 6.09 Å². The van der Waals surface area contributed by atoms with E-state index in [1.807, 2.05) is 20.8 Å². The van der Waals surface area contributed by atoms with Gasteiger partial charge in [0.15, 0.2) is 9.84 Å². The van der Waals surface area contributed by atoms with Gasteiger partial charge < -0.3 is 9.64 Å². The van der Waals surface area contributed by atoms with E-state index in [0.717, 1.165) is 4.47 Å². The zero-order valence-electron chi connectivity index (χ0n) is 14.3. The molecule has 1 saturated heterocycles. The first-order valence-electron chi connectivity index (χ1n) is 8.07. The maximum absolute atomic E-state index is 12.8. The molecule has 5 nitrogen and oxygen atoms in total. The number of carbonyl (C=O) groups excluding carboxylic acids is 1. The van der Waals surface area contributed by atoms with Gasteiger partial charge in [-0.2, -0.15) is 0 Å². The molecule has 0 bridgehead atoms. The van der Waals surface area contributed by atoms with E-state index < -0.39 is 20.7 Å². The highest BCUT2D eigenvalue weighted by Gasteiger charge is 2.32. The van der Waals surface area contributed by atoms with E-state index in [-0.39, 0.29) is 6.09 Å². The largest absolute Gasteiger partial charge is 0.444 e. The molecule has 1 heterocycles. The Balaban J connectivity index is 2.07. The lowest BCUT2D eigenvalue weighted by Gasteiger charge is -2.26. The van der Waals surface area contributed by atoms with Gasteiger partial charge in [-0.05, 0) is 64.3 Å². The highest BCUT2D eigenvalue weighted by molar-refractivity contribution is 9.10. The van der Waals surface area contributed by atoms with Gasteiger partial charge in [0, 0.05) is 17.6 Å². The molecule has 2 rings (SSSR count). The predicted octanol–water partition coefficient (Wildman–Crippen LogP) is 4.01. The van der Waals surface area contributed by atoms with Gasteiger partial charge in [0.2, 0.25) is 0 Å². The van der Waals surface area contributed by atoms with Crippen LogP contribution in [0.4, 0.5) is 4.79 Å². The van der Waals surface area contributed by atoms with Crippen LogP contribution in [0.25, 0.3) is 0 Å². The minimum atomic E-state index is -3.39. The number of benzene rings is 1. The van der Waals surface area contributed by atoms with E-state index in [4.69, 9.17) is 4.74 Å². The van der Waals surface area contributed by atoms with Crippen LogP contribution in [0.2, 0.25) is 0 Å². The monoisotopic (exact) mass is 417 g/mol. The van der Waals surface area contributed by atoms with Gasteiger partial charge in [-0.25, -0.2) is 13.2 Å². The highest BCUT2D eigenvalue weighted by atomic mass is 79.9. The second-order valence-electron chi connectivity index (χ2n) is 7.02. The van der Waals surface area contributed by atoms with Crippen molar-refractivity contribution in [1.82, 2.24) is 4.90 Å². The molecule has 1 atom stereocenters. The van der Waals surface area contributed by atoms with E-state index in [1.165, 1.54) is 0 Å². The average molecular weight is 418 g/mol. The summed E-state index contributed by atoms with van der Waals surface area (Å²) in [7, 11) is -3.39. The first-order chi connectivity index (χ1) is 11.1. The van der Waals surface area contributed by atoms with Crippen LogP contribution in [-0.2, 0) is 14.6 Å². The fourth-order valence-electron chi connectivity index (χ4n) is 2.70. The number of carbonyl (C=O) groups is 1. The van der Waals surface area contributed by atoms with Crippen LogP contribution in [0.5, 0.6) is 0 Å². The van der Waals surface area contributed by atoms with Crippen molar-refractivity contribution in [2.24, 2.45) is 0 Å². The van der Waals surface area contributed by atoms with Crippen LogP contribution >= 0.6 is 15.9 Å². The summed E-state index contributed by atoms with van der Waals surface area (Å²) in [5, 5.41) is -0.467. The van der Waals surface area contributed by atoms with Gasteiger partial charge in [-0.15, -0.1) is 0 Å². The van der Waals surface area contributed by atoms with Crippen LogP contribution in [0.1, 0.15) is 40.0 Å². The minimum absolute atomic E-state index is 0.335. The lowest BCUT2D eigenvalue weighted by Crippen LogP contribution is -2.37. The second-order valence-corrected chi connectivity index (χ2v) is 10.2. The smallest absolute Gasteiger partial charge is 0.410 e. The number of hydrogen-bond donors (Lipinski definition) is 0. The zero-order chi connectivity index (χ0) is 18.0. The average Bonchev–Trinajstić information content (AvgIpc) is 2.72. The third-order valence-corrected chi connectivity index (χ3v) is 6.71. The third kappa shape index (κ3) is 4.96. The van der Waals surface area contributed by atoms with Crippen molar-refractivity contribution in [2.45, 2.75) is 55.8 Å². The zero-order valence-corrected chi connectivity index (χ0v) is 16.7. The van der Waals surface area contributed by atoms with Crippen molar-refractivity contribution in [3.8, 4) is 0 Å². The van der Waals surface area contributed by atoms with E-state index in [2.05, 4.69) is 15.9 Å². The van der Waals surface area contributed by atoms with Crippen LogP contribution in [0.3, 0.4) is 0 Å². The summed E-state index contributed by atoms with van der Waals surface area (Å²) in [4.78, 5) is 14.1. The summed E-state index contributed by atoms with van der Waals surface area (Å²) in [6.45, 7) is 6.40. The number of hydrogen-bond acceptors (Lipinski definition) is 4. The molecular formula is C17H24BrNO4S. The van der Waals surface area contributed by atoms with E-state index in [9.17, 15) is 13.2 Å². The van der Waals surface area contributed by atoms with Gasteiger partial charge in [-0.1, -0.05) is 15.9 Å². The van der Waals surface area contributed by atoms with Crippen molar-refractivity contribution >= 4 is 31.9 Å². The second kappa shape index (κ2) is 7.44. The highest BCUT2D eigenvalue weighted by Crippen LogP contribution is 2.26. The molecule has 0 aromatic heterocycles. The molecule has 1 aromatic carbocycles. The van der Waals surface area contributed by atoms with Crippen molar-refractivity contribution in [3.05, 3.63) is 28.7 Å². The Kier molecular flexibility index (Phi) is 5.96. The standard InChI is InChI=1S/C17H24BrNO4S/c1-17(2,3)23-16(20)19-11-4-5-14(10-12-19)24(21,22)15-8-6-13(18)7-9-15/h6-9,14H,4-5,10-12H2,1-3H3. The summed E-state index contributed by atoms with van der Waals surface area (Å²) in [6.07, 6.45) is 1.26. The molecule has 0 spiro atoms. The minimum Gasteiger partial charge on any atom is -0.444 e.